The number of hydrogen-bond donors (Lipinski definition) is 2. The van der Waals surface area contributed by atoms with E-state index in [1.165, 1.54) is 12.1 Å². The summed E-state index contributed by atoms with van der Waals surface area (Å²) in [5, 5.41) is 15.2. The first-order valence-corrected chi connectivity index (χ1v) is 7.63. The molecule has 124 valence electrons. The lowest BCUT2D eigenvalue weighted by atomic mass is 10.0. The average molecular weight is 325 g/mol. The van der Waals surface area contributed by atoms with Crippen LogP contribution < -0.4 is 10.6 Å². The monoisotopic (exact) mass is 325 g/mol. The predicted octanol–water partition coefficient (Wildman–Crippen LogP) is 3.77. The Hall–Kier alpha value is -2.87. The SMILES string of the molecule is CC(C)(C)NC(=O)C(Nc1ccccc1C#N)c1ccc(F)cc1. The summed E-state index contributed by atoms with van der Waals surface area (Å²) in [7, 11) is 0. The van der Waals surface area contributed by atoms with Crippen LogP contribution in [0.2, 0.25) is 0 Å². The number of amides is 1. The Balaban J connectivity index is 2.37. The van der Waals surface area contributed by atoms with Crippen molar-refractivity contribution in [1.29, 1.82) is 5.26 Å². The van der Waals surface area contributed by atoms with E-state index >= 15 is 0 Å². The molecule has 4 nitrogen and oxygen atoms in total. The zero-order chi connectivity index (χ0) is 17.7. The zero-order valence-electron chi connectivity index (χ0n) is 13.9. The molecule has 1 atom stereocenters. The second-order valence-corrected chi connectivity index (χ2v) is 6.53. The quantitative estimate of drug-likeness (QED) is 0.899. The highest BCUT2D eigenvalue weighted by Crippen LogP contribution is 2.23. The fourth-order valence-electron chi connectivity index (χ4n) is 2.26. The summed E-state index contributed by atoms with van der Waals surface area (Å²) in [5.41, 5.74) is 1.20. The minimum atomic E-state index is -0.737. The number of anilines is 1. The van der Waals surface area contributed by atoms with E-state index in [4.69, 9.17) is 0 Å². The third-order valence-electron chi connectivity index (χ3n) is 3.31. The minimum absolute atomic E-state index is 0.248. The fraction of sp³-hybridized carbons (Fsp3) is 0.263. The van der Waals surface area contributed by atoms with Gasteiger partial charge in [0.25, 0.3) is 0 Å². The Labute approximate surface area is 141 Å². The van der Waals surface area contributed by atoms with E-state index in [9.17, 15) is 14.4 Å². The van der Waals surface area contributed by atoms with Crippen LogP contribution >= 0.6 is 0 Å². The maximum Gasteiger partial charge on any atom is 0.247 e. The zero-order valence-corrected chi connectivity index (χ0v) is 13.9. The van der Waals surface area contributed by atoms with Gasteiger partial charge in [0.2, 0.25) is 5.91 Å². The van der Waals surface area contributed by atoms with Gasteiger partial charge in [0.1, 0.15) is 17.9 Å². The number of nitrogens with one attached hydrogen (secondary N) is 2. The predicted molar refractivity (Wildman–Crippen MR) is 91.8 cm³/mol. The van der Waals surface area contributed by atoms with Crippen molar-refractivity contribution >= 4 is 11.6 Å². The van der Waals surface area contributed by atoms with E-state index < -0.39 is 11.6 Å². The van der Waals surface area contributed by atoms with Crippen molar-refractivity contribution in [2.45, 2.75) is 32.4 Å². The van der Waals surface area contributed by atoms with E-state index in [1.807, 2.05) is 20.8 Å². The summed E-state index contributed by atoms with van der Waals surface area (Å²) in [4.78, 5) is 12.7. The van der Waals surface area contributed by atoms with Crippen LogP contribution in [-0.4, -0.2) is 11.4 Å². The van der Waals surface area contributed by atoms with E-state index in [1.54, 1.807) is 36.4 Å². The van der Waals surface area contributed by atoms with Gasteiger partial charge in [-0.3, -0.25) is 4.79 Å². The number of carbonyl (C=O) groups is 1. The number of benzene rings is 2. The maximum absolute atomic E-state index is 13.2. The summed E-state index contributed by atoms with van der Waals surface area (Å²) in [6.45, 7) is 5.65. The van der Waals surface area contributed by atoms with Crippen molar-refractivity contribution in [3.05, 3.63) is 65.5 Å². The Morgan fingerprint density at radius 3 is 2.33 bits per heavy atom. The van der Waals surface area contributed by atoms with Gasteiger partial charge in [-0.15, -0.1) is 0 Å². The summed E-state index contributed by atoms with van der Waals surface area (Å²) in [6, 6.07) is 14.0. The molecule has 24 heavy (non-hydrogen) atoms. The Kier molecular flexibility index (Phi) is 5.20. The molecule has 0 radical (unpaired) electrons. The lowest BCUT2D eigenvalue weighted by Gasteiger charge is -2.26. The van der Waals surface area contributed by atoms with Crippen molar-refractivity contribution < 1.29 is 9.18 Å². The molecule has 0 aliphatic rings. The van der Waals surface area contributed by atoms with Gasteiger partial charge in [0.05, 0.1) is 11.3 Å². The molecule has 0 spiro atoms. The molecule has 0 aromatic heterocycles. The van der Waals surface area contributed by atoms with Crippen molar-refractivity contribution in [2.75, 3.05) is 5.32 Å². The third-order valence-corrected chi connectivity index (χ3v) is 3.31. The number of nitrogens with zero attached hydrogens (tertiary/aromatic N) is 1. The molecule has 2 aromatic rings. The number of hydrogen-bond acceptors (Lipinski definition) is 3. The van der Waals surface area contributed by atoms with Gasteiger partial charge in [0.15, 0.2) is 0 Å². The molecule has 0 bridgehead atoms. The molecule has 1 unspecified atom stereocenters. The maximum atomic E-state index is 13.2. The lowest BCUT2D eigenvalue weighted by molar-refractivity contribution is -0.123. The van der Waals surface area contributed by atoms with Crippen LogP contribution in [0.3, 0.4) is 0 Å². The average Bonchev–Trinajstić information content (AvgIpc) is 2.52. The van der Waals surface area contributed by atoms with Crippen molar-refractivity contribution in [1.82, 2.24) is 5.32 Å². The molecule has 5 heteroatoms. The molecule has 1 amide bonds. The van der Waals surface area contributed by atoms with Crippen LogP contribution in [0.15, 0.2) is 48.5 Å². The first kappa shape index (κ1) is 17.5. The van der Waals surface area contributed by atoms with Gasteiger partial charge >= 0.3 is 0 Å². The molecule has 0 aliphatic carbocycles. The molecule has 2 rings (SSSR count). The van der Waals surface area contributed by atoms with Crippen molar-refractivity contribution in [3.63, 3.8) is 0 Å². The van der Waals surface area contributed by atoms with Crippen molar-refractivity contribution in [3.8, 4) is 6.07 Å². The Morgan fingerprint density at radius 1 is 1.12 bits per heavy atom. The summed E-state index contributed by atoms with van der Waals surface area (Å²) in [6.07, 6.45) is 0. The molecular weight excluding hydrogens is 305 g/mol. The number of para-hydroxylation sites is 1. The second kappa shape index (κ2) is 7.14. The Bertz CT molecular complexity index is 757. The number of nitriles is 1. The van der Waals surface area contributed by atoms with Gasteiger partial charge in [0, 0.05) is 5.54 Å². The highest BCUT2D eigenvalue weighted by atomic mass is 19.1. The third kappa shape index (κ3) is 4.56. The van der Waals surface area contributed by atoms with Crippen LogP contribution in [0.5, 0.6) is 0 Å². The summed E-state index contributed by atoms with van der Waals surface area (Å²) < 4.78 is 13.2. The largest absolute Gasteiger partial charge is 0.369 e. The minimum Gasteiger partial charge on any atom is -0.369 e. The highest BCUT2D eigenvalue weighted by molar-refractivity contribution is 5.87. The van der Waals surface area contributed by atoms with Crippen LogP contribution in [0, 0.1) is 17.1 Å². The number of rotatable bonds is 4. The van der Waals surface area contributed by atoms with Crippen LogP contribution in [0.1, 0.15) is 37.9 Å². The van der Waals surface area contributed by atoms with Gasteiger partial charge in [-0.25, -0.2) is 4.39 Å². The smallest absolute Gasteiger partial charge is 0.247 e. The standard InChI is InChI=1S/C19H20FN3O/c1-19(2,3)23-18(24)17(13-8-10-15(20)11-9-13)22-16-7-5-4-6-14(16)12-21/h4-11,17,22H,1-3H3,(H,23,24). The van der Waals surface area contributed by atoms with Gasteiger partial charge in [-0.1, -0.05) is 24.3 Å². The van der Waals surface area contributed by atoms with E-state index in [-0.39, 0.29) is 11.7 Å². The van der Waals surface area contributed by atoms with E-state index in [0.29, 0.717) is 16.8 Å². The molecule has 0 heterocycles. The second-order valence-electron chi connectivity index (χ2n) is 6.53. The number of carbonyl (C=O) groups excluding carboxylic acids is 1. The molecule has 0 fully saturated rings. The molecule has 0 saturated heterocycles. The first-order chi connectivity index (χ1) is 11.3. The lowest BCUT2D eigenvalue weighted by Crippen LogP contribution is -2.44. The van der Waals surface area contributed by atoms with Crippen LogP contribution in [0.25, 0.3) is 0 Å². The van der Waals surface area contributed by atoms with Crippen molar-refractivity contribution in [2.24, 2.45) is 0 Å². The first-order valence-electron chi connectivity index (χ1n) is 7.63. The van der Waals surface area contributed by atoms with E-state index in [0.717, 1.165) is 0 Å². The van der Waals surface area contributed by atoms with Gasteiger partial charge in [-0.2, -0.15) is 5.26 Å². The van der Waals surface area contributed by atoms with Gasteiger partial charge < -0.3 is 10.6 Å². The molecule has 0 aliphatic heterocycles. The molecular formula is C19H20FN3O. The van der Waals surface area contributed by atoms with Crippen LogP contribution in [0.4, 0.5) is 10.1 Å². The summed E-state index contributed by atoms with van der Waals surface area (Å²) >= 11 is 0. The van der Waals surface area contributed by atoms with Gasteiger partial charge in [-0.05, 0) is 50.6 Å². The Morgan fingerprint density at radius 2 is 1.75 bits per heavy atom. The number of halogens is 1. The highest BCUT2D eigenvalue weighted by Gasteiger charge is 2.25. The fourth-order valence-corrected chi connectivity index (χ4v) is 2.26. The normalized spacial score (nSPS) is 12.1. The molecule has 2 N–H and O–H groups in total. The molecule has 2 aromatic carbocycles. The molecule has 0 saturated carbocycles. The van der Waals surface area contributed by atoms with Crippen LogP contribution in [-0.2, 0) is 4.79 Å². The topological polar surface area (TPSA) is 64.9 Å². The summed E-state index contributed by atoms with van der Waals surface area (Å²) in [5.74, 6) is -0.618. The van der Waals surface area contributed by atoms with E-state index in [2.05, 4.69) is 16.7 Å².